The highest BCUT2D eigenvalue weighted by atomic mass is 35.5. The zero-order chi connectivity index (χ0) is 20.3. The molecular weight excluding hydrogens is 384 g/mol. The molecule has 1 saturated heterocycles. The van der Waals surface area contributed by atoms with Crippen molar-refractivity contribution >= 4 is 40.8 Å². The summed E-state index contributed by atoms with van der Waals surface area (Å²) in [4.78, 5) is 38.0. The molecule has 2 aromatic rings. The first-order chi connectivity index (χ1) is 13.4. The highest BCUT2D eigenvalue weighted by molar-refractivity contribution is 6.31. The van der Waals surface area contributed by atoms with Gasteiger partial charge in [-0.3, -0.25) is 9.59 Å². The van der Waals surface area contributed by atoms with Gasteiger partial charge in [0.2, 0.25) is 11.8 Å². The van der Waals surface area contributed by atoms with Crippen LogP contribution < -0.4 is 15.0 Å². The molecule has 0 saturated carbocycles. The number of hydrogen-bond donors (Lipinski definition) is 1. The van der Waals surface area contributed by atoms with Crippen LogP contribution in [0.3, 0.4) is 0 Å². The van der Waals surface area contributed by atoms with Crippen molar-refractivity contribution < 1.29 is 23.9 Å². The number of nitrogens with zero attached hydrogens (tertiary/aromatic N) is 1. The standard InChI is InChI=1S/C20H19ClN2O5/c1-27-17-8-5-14(21)10-16(17)23-11-13(9-18(23)24)19(25)22-15-6-3-12(4-7-15)20(26)28-2/h3-8,10,13H,9,11H2,1-2H3,(H,22,25)/t13-/m0/s1. The molecule has 7 nitrogen and oxygen atoms in total. The first-order valence-electron chi connectivity index (χ1n) is 8.56. The molecule has 2 aromatic carbocycles. The number of ether oxygens (including phenoxy) is 2. The van der Waals surface area contributed by atoms with Gasteiger partial charge in [0, 0.05) is 23.7 Å². The molecule has 0 aliphatic carbocycles. The van der Waals surface area contributed by atoms with Crippen molar-refractivity contribution in [2.75, 3.05) is 31.0 Å². The van der Waals surface area contributed by atoms with E-state index in [1.165, 1.54) is 19.1 Å². The number of amides is 2. The third-order valence-electron chi connectivity index (χ3n) is 4.50. The van der Waals surface area contributed by atoms with E-state index in [0.717, 1.165) is 0 Å². The fraction of sp³-hybridized carbons (Fsp3) is 0.250. The molecule has 8 heteroatoms. The number of anilines is 2. The van der Waals surface area contributed by atoms with Gasteiger partial charge in [0.1, 0.15) is 5.75 Å². The minimum Gasteiger partial charge on any atom is -0.495 e. The maximum absolute atomic E-state index is 12.6. The molecule has 0 bridgehead atoms. The molecule has 0 radical (unpaired) electrons. The van der Waals surface area contributed by atoms with Gasteiger partial charge in [-0.15, -0.1) is 0 Å². The van der Waals surface area contributed by atoms with Crippen LogP contribution in [0, 0.1) is 5.92 Å². The molecule has 1 N–H and O–H groups in total. The van der Waals surface area contributed by atoms with Crippen LogP contribution in [-0.2, 0) is 14.3 Å². The lowest BCUT2D eigenvalue weighted by atomic mass is 10.1. The third-order valence-corrected chi connectivity index (χ3v) is 4.74. The molecule has 1 aliphatic rings. The van der Waals surface area contributed by atoms with Crippen molar-refractivity contribution in [2.45, 2.75) is 6.42 Å². The normalized spacial score (nSPS) is 16.0. The van der Waals surface area contributed by atoms with Crippen molar-refractivity contribution in [3.05, 3.63) is 53.1 Å². The summed E-state index contributed by atoms with van der Waals surface area (Å²) < 4.78 is 9.94. The number of rotatable bonds is 5. The van der Waals surface area contributed by atoms with E-state index < -0.39 is 11.9 Å². The van der Waals surface area contributed by atoms with Gasteiger partial charge in [-0.2, -0.15) is 0 Å². The fourth-order valence-electron chi connectivity index (χ4n) is 3.04. The maximum atomic E-state index is 12.6. The maximum Gasteiger partial charge on any atom is 0.337 e. The van der Waals surface area contributed by atoms with Gasteiger partial charge in [0.15, 0.2) is 0 Å². The number of esters is 1. The third kappa shape index (κ3) is 4.09. The highest BCUT2D eigenvalue weighted by Crippen LogP contribution is 2.35. The van der Waals surface area contributed by atoms with Gasteiger partial charge in [0.05, 0.1) is 31.4 Å². The molecule has 3 rings (SSSR count). The summed E-state index contributed by atoms with van der Waals surface area (Å²) in [7, 11) is 2.81. The van der Waals surface area contributed by atoms with Crippen molar-refractivity contribution in [1.29, 1.82) is 0 Å². The Morgan fingerprint density at radius 1 is 1.14 bits per heavy atom. The summed E-state index contributed by atoms with van der Waals surface area (Å²) in [6, 6.07) is 11.3. The van der Waals surface area contributed by atoms with Crippen molar-refractivity contribution in [1.82, 2.24) is 0 Å². The van der Waals surface area contributed by atoms with E-state index in [1.54, 1.807) is 42.5 Å². The average Bonchev–Trinajstić information content (AvgIpc) is 3.09. The largest absolute Gasteiger partial charge is 0.495 e. The Morgan fingerprint density at radius 2 is 1.86 bits per heavy atom. The predicted octanol–water partition coefficient (Wildman–Crippen LogP) is 3.13. The van der Waals surface area contributed by atoms with Crippen LogP contribution in [0.2, 0.25) is 5.02 Å². The monoisotopic (exact) mass is 402 g/mol. The summed E-state index contributed by atoms with van der Waals surface area (Å²) in [6.07, 6.45) is 0.0851. The predicted molar refractivity (Wildman–Crippen MR) is 105 cm³/mol. The second kappa shape index (κ2) is 8.31. The van der Waals surface area contributed by atoms with Crippen molar-refractivity contribution in [3.63, 3.8) is 0 Å². The summed E-state index contributed by atoms with van der Waals surface area (Å²) in [5, 5.41) is 3.25. The summed E-state index contributed by atoms with van der Waals surface area (Å²) in [5.41, 5.74) is 1.46. The molecular formula is C20H19ClN2O5. The number of carbonyl (C=O) groups is 3. The molecule has 0 aromatic heterocycles. The van der Waals surface area contributed by atoms with Crippen LogP contribution >= 0.6 is 11.6 Å². The van der Waals surface area contributed by atoms with Gasteiger partial charge >= 0.3 is 5.97 Å². The van der Waals surface area contributed by atoms with Crippen molar-refractivity contribution in [3.8, 4) is 5.75 Å². The highest BCUT2D eigenvalue weighted by Gasteiger charge is 2.36. The lowest BCUT2D eigenvalue weighted by Gasteiger charge is -2.20. The Balaban J connectivity index is 1.70. The SMILES string of the molecule is COC(=O)c1ccc(NC(=O)[C@H]2CC(=O)N(c3cc(Cl)ccc3OC)C2)cc1. The van der Waals surface area contributed by atoms with Crippen molar-refractivity contribution in [2.24, 2.45) is 5.92 Å². The molecule has 1 aliphatic heterocycles. The first-order valence-corrected chi connectivity index (χ1v) is 8.94. The quantitative estimate of drug-likeness (QED) is 0.776. The van der Waals surface area contributed by atoms with Crippen LogP contribution in [0.5, 0.6) is 5.75 Å². The minimum absolute atomic E-state index is 0.0851. The summed E-state index contributed by atoms with van der Waals surface area (Å²) in [5.74, 6) is -0.913. The lowest BCUT2D eigenvalue weighted by molar-refractivity contribution is -0.122. The number of hydrogen-bond acceptors (Lipinski definition) is 5. The molecule has 1 heterocycles. The van der Waals surface area contributed by atoms with Crippen LogP contribution in [0.25, 0.3) is 0 Å². The molecule has 1 fully saturated rings. The number of carbonyl (C=O) groups excluding carboxylic acids is 3. The number of halogens is 1. The Labute approximate surface area is 167 Å². The lowest BCUT2D eigenvalue weighted by Crippen LogP contribution is -2.28. The zero-order valence-corrected chi connectivity index (χ0v) is 16.2. The van der Waals surface area contributed by atoms with Crippen LogP contribution in [-0.4, -0.2) is 38.5 Å². The Hall–Kier alpha value is -3.06. The van der Waals surface area contributed by atoms with E-state index in [0.29, 0.717) is 27.7 Å². The van der Waals surface area contributed by atoms with Gasteiger partial charge in [-0.1, -0.05) is 11.6 Å². The van der Waals surface area contributed by atoms with E-state index >= 15 is 0 Å². The summed E-state index contributed by atoms with van der Waals surface area (Å²) in [6.45, 7) is 0.224. The van der Waals surface area contributed by atoms with Gasteiger partial charge in [-0.05, 0) is 42.5 Å². The second-order valence-electron chi connectivity index (χ2n) is 6.28. The van der Waals surface area contributed by atoms with E-state index in [1.807, 2.05) is 0 Å². The number of benzene rings is 2. The average molecular weight is 403 g/mol. The van der Waals surface area contributed by atoms with Crippen LogP contribution in [0.4, 0.5) is 11.4 Å². The number of methoxy groups -OCH3 is 2. The molecule has 0 unspecified atom stereocenters. The topological polar surface area (TPSA) is 84.9 Å². The van der Waals surface area contributed by atoms with Crippen LogP contribution in [0.1, 0.15) is 16.8 Å². The van der Waals surface area contributed by atoms with Gasteiger partial charge in [-0.25, -0.2) is 4.79 Å². The molecule has 146 valence electrons. The van der Waals surface area contributed by atoms with Gasteiger partial charge < -0.3 is 19.7 Å². The van der Waals surface area contributed by atoms with E-state index in [-0.39, 0.29) is 24.8 Å². The second-order valence-corrected chi connectivity index (χ2v) is 6.72. The Kier molecular flexibility index (Phi) is 5.84. The Morgan fingerprint density at radius 3 is 2.50 bits per heavy atom. The zero-order valence-electron chi connectivity index (χ0n) is 15.4. The molecule has 0 spiro atoms. The smallest absolute Gasteiger partial charge is 0.337 e. The molecule has 2 amide bonds. The van der Waals surface area contributed by atoms with Crippen LogP contribution in [0.15, 0.2) is 42.5 Å². The van der Waals surface area contributed by atoms with E-state index in [4.69, 9.17) is 16.3 Å². The molecule has 28 heavy (non-hydrogen) atoms. The minimum atomic E-state index is -0.517. The van der Waals surface area contributed by atoms with Gasteiger partial charge in [0.25, 0.3) is 0 Å². The summed E-state index contributed by atoms with van der Waals surface area (Å²) >= 11 is 6.05. The van der Waals surface area contributed by atoms with E-state index in [9.17, 15) is 14.4 Å². The fourth-order valence-corrected chi connectivity index (χ4v) is 3.21. The number of nitrogens with one attached hydrogen (secondary N) is 1. The Bertz CT molecular complexity index is 913. The molecule has 1 atom stereocenters. The van der Waals surface area contributed by atoms with E-state index in [2.05, 4.69) is 10.1 Å². The first kappa shape index (κ1) is 19.7.